The van der Waals surface area contributed by atoms with Gasteiger partial charge in [0.2, 0.25) is 5.91 Å². The van der Waals surface area contributed by atoms with Crippen LogP contribution in [0.2, 0.25) is 0 Å². The Labute approximate surface area is 196 Å². The van der Waals surface area contributed by atoms with E-state index in [2.05, 4.69) is 46.8 Å². The van der Waals surface area contributed by atoms with Crippen LogP contribution in [0.5, 0.6) is 0 Å². The van der Waals surface area contributed by atoms with Crippen LogP contribution in [0.3, 0.4) is 0 Å². The van der Waals surface area contributed by atoms with Gasteiger partial charge in [0.15, 0.2) is 5.76 Å². The number of hydrogen-bond donors (Lipinski definition) is 2. The van der Waals surface area contributed by atoms with Crippen LogP contribution in [0, 0.1) is 6.92 Å². The molecule has 168 valence electrons. The maximum atomic E-state index is 12.9. The number of furan rings is 1. The molecule has 0 saturated heterocycles. The molecule has 0 aliphatic rings. The van der Waals surface area contributed by atoms with Gasteiger partial charge in [-0.05, 0) is 24.6 Å². The molecule has 0 saturated carbocycles. The van der Waals surface area contributed by atoms with Gasteiger partial charge < -0.3 is 15.1 Å². The normalized spacial score (nSPS) is 11.7. The number of aromatic nitrogens is 1. The first-order valence-corrected chi connectivity index (χ1v) is 11.6. The highest BCUT2D eigenvalue weighted by molar-refractivity contribution is 7.13. The summed E-state index contributed by atoms with van der Waals surface area (Å²) in [5.74, 6) is -0.488. The third-order valence-corrected chi connectivity index (χ3v) is 6.12. The largest absolute Gasteiger partial charge is 0.459 e. The minimum absolute atomic E-state index is 0.173. The molecular weight excluding hydrogens is 434 g/mol. The Morgan fingerprint density at radius 1 is 1.03 bits per heavy atom. The molecule has 2 heterocycles. The molecule has 1 atom stereocenters. The molecule has 0 aliphatic heterocycles. The first-order valence-electron chi connectivity index (χ1n) is 10.8. The zero-order valence-corrected chi connectivity index (χ0v) is 19.1. The van der Waals surface area contributed by atoms with Crippen LogP contribution in [0.15, 0.2) is 82.8 Å². The summed E-state index contributed by atoms with van der Waals surface area (Å²) < 4.78 is 5.16. The maximum Gasteiger partial charge on any atom is 0.287 e. The van der Waals surface area contributed by atoms with Crippen molar-refractivity contribution in [2.45, 2.75) is 25.8 Å². The molecule has 4 rings (SSSR count). The predicted octanol–water partition coefficient (Wildman–Crippen LogP) is 4.41. The van der Waals surface area contributed by atoms with Gasteiger partial charge in [-0.1, -0.05) is 60.2 Å². The molecule has 1 unspecified atom stereocenters. The van der Waals surface area contributed by atoms with Crippen LogP contribution in [-0.2, 0) is 17.6 Å². The number of benzene rings is 2. The Morgan fingerprint density at radius 3 is 2.55 bits per heavy atom. The lowest BCUT2D eigenvalue weighted by Crippen LogP contribution is -2.48. The highest BCUT2D eigenvalue weighted by Crippen LogP contribution is 2.24. The SMILES string of the molecule is Cc1ccc(-c2nc(CCNC(=O)C(Cc3ccccc3)NC(=O)c3ccco3)cs2)cc1. The van der Waals surface area contributed by atoms with E-state index < -0.39 is 11.9 Å². The second-order valence-corrected chi connectivity index (χ2v) is 8.60. The van der Waals surface area contributed by atoms with Crippen LogP contribution in [0.1, 0.15) is 27.4 Å². The van der Waals surface area contributed by atoms with Crippen molar-refractivity contribution in [2.24, 2.45) is 0 Å². The minimum Gasteiger partial charge on any atom is -0.459 e. The van der Waals surface area contributed by atoms with Gasteiger partial charge in [0, 0.05) is 30.3 Å². The van der Waals surface area contributed by atoms with Crippen LogP contribution in [-0.4, -0.2) is 29.4 Å². The molecular formula is C26H25N3O3S. The number of nitrogens with zero attached hydrogens (tertiary/aromatic N) is 1. The van der Waals surface area contributed by atoms with Crippen molar-refractivity contribution in [3.05, 3.63) is 101 Å². The van der Waals surface area contributed by atoms with Crippen LogP contribution in [0.4, 0.5) is 0 Å². The smallest absolute Gasteiger partial charge is 0.287 e. The van der Waals surface area contributed by atoms with Gasteiger partial charge in [-0.3, -0.25) is 9.59 Å². The van der Waals surface area contributed by atoms with Crippen molar-refractivity contribution in [3.8, 4) is 10.6 Å². The molecule has 2 aromatic heterocycles. The zero-order chi connectivity index (χ0) is 23.0. The van der Waals surface area contributed by atoms with Crippen molar-refractivity contribution in [2.75, 3.05) is 6.54 Å². The highest BCUT2D eigenvalue weighted by atomic mass is 32.1. The summed E-state index contributed by atoms with van der Waals surface area (Å²) in [5.41, 5.74) is 4.18. The van der Waals surface area contributed by atoms with Gasteiger partial charge in [-0.15, -0.1) is 11.3 Å². The van der Waals surface area contributed by atoms with Gasteiger partial charge in [0.1, 0.15) is 11.0 Å². The first-order chi connectivity index (χ1) is 16.1. The molecule has 0 bridgehead atoms. The fourth-order valence-corrected chi connectivity index (χ4v) is 4.24. The predicted molar refractivity (Wildman–Crippen MR) is 129 cm³/mol. The average molecular weight is 460 g/mol. The molecule has 0 aliphatic carbocycles. The number of aryl methyl sites for hydroxylation is 1. The third kappa shape index (κ3) is 6.17. The van der Waals surface area contributed by atoms with Gasteiger partial charge in [-0.25, -0.2) is 4.98 Å². The second kappa shape index (κ2) is 10.7. The summed E-state index contributed by atoms with van der Waals surface area (Å²) in [7, 11) is 0. The Morgan fingerprint density at radius 2 is 1.82 bits per heavy atom. The number of rotatable bonds is 9. The van der Waals surface area contributed by atoms with E-state index in [0.29, 0.717) is 19.4 Å². The Bertz CT molecular complexity index is 1190. The molecule has 6 nitrogen and oxygen atoms in total. The van der Waals surface area contributed by atoms with Crippen molar-refractivity contribution in [1.29, 1.82) is 0 Å². The first kappa shape index (κ1) is 22.5. The van der Waals surface area contributed by atoms with Crippen LogP contribution in [0.25, 0.3) is 10.6 Å². The molecule has 0 fully saturated rings. The number of carbonyl (C=O) groups is 2. The van der Waals surface area contributed by atoms with Gasteiger partial charge in [0.25, 0.3) is 5.91 Å². The van der Waals surface area contributed by atoms with Crippen LogP contribution >= 0.6 is 11.3 Å². The Hall–Kier alpha value is -3.71. The zero-order valence-electron chi connectivity index (χ0n) is 18.3. The van der Waals surface area contributed by atoms with Crippen molar-refractivity contribution >= 4 is 23.2 Å². The molecule has 2 aromatic carbocycles. The topological polar surface area (TPSA) is 84.2 Å². The minimum atomic E-state index is -0.719. The molecule has 7 heteroatoms. The average Bonchev–Trinajstić information content (AvgIpc) is 3.52. The fraction of sp³-hybridized carbons (Fsp3) is 0.192. The summed E-state index contributed by atoms with van der Waals surface area (Å²) in [6.45, 7) is 2.49. The number of amides is 2. The molecule has 0 spiro atoms. The summed E-state index contributed by atoms with van der Waals surface area (Å²) in [6.07, 6.45) is 2.42. The number of hydrogen-bond acceptors (Lipinski definition) is 5. The summed E-state index contributed by atoms with van der Waals surface area (Å²) in [5, 5.41) is 8.70. The quantitative estimate of drug-likeness (QED) is 0.388. The van der Waals surface area contributed by atoms with E-state index in [-0.39, 0.29) is 11.7 Å². The number of thiazole rings is 1. The van der Waals surface area contributed by atoms with Crippen molar-refractivity contribution in [1.82, 2.24) is 15.6 Å². The highest BCUT2D eigenvalue weighted by Gasteiger charge is 2.23. The molecule has 2 N–H and O–H groups in total. The van der Waals surface area contributed by atoms with E-state index in [9.17, 15) is 9.59 Å². The van der Waals surface area contributed by atoms with E-state index in [0.717, 1.165) is 21.8 Å². The van der Waals surface area contributed by atoms with Gasteiger partial charge in [-0.2, -0.15) is 0 Å². The summed E-state index contributed by atoms with van der Waals surface area (Å²) in [6, 6.07) is 20.4. The Kier molecular flexibility index (Phi) is 7.32. The van der Waals surface area contributed by atoms with E-state index in [1.807, 2.05) is 35.7 Å². The van der Waals surface area contributed by atoms with E-state index in [1.165, 1.54) is 11.8 Å². The monoisotopic (exact) mass is 459 g/mol. The van der Waals surface area contributed by atoms with E-state index in [1.54, 1.807) is 23.5 Å². The summed E-state index contributed by atoms with van der Waals surface area (Å²) in [4.78, 5) is 30.1. The lowest BCUT2D eigenvalue weighted by Gasteiger charge is -2.18. The molecule has 33 heavy (non-hydrogen) atoms. The molecule has 4 aromatic rings. The second-order valence-electron chi connectivity index (χ2n) is 7.74. The fourth-order valence-electron chi connectivity index (χ4n) is 3.38. The molecule has 2 amide bonds. The number of carbonyl (C=O) groups excluding carboxylic acids is 2. The third-order valence-electron chi connectivity index (χ3n) is 5.18. The number of nitrogens with one attached hydrogen (secondary N) is 2. The van der Waals surface area contributed by atoms with Gasteiger partial charge in [0.05, 0.1) is 12.0 Å². The van der Waals surface area contributed by atoms with E-state index >= 15 is 0 Å². The lowest BCUT2D eigenvalue weighted by atomic mass is 10.0. The molecule has 0 radical (unpaired) electrons. The van der Waals surface area contributed by atoms with Crippen molar-refractivity contribution < 1.29 is 14.0 Å². The van der Waals surface area contributed by atoms with Crippen molar-refractivity contribution in [3.63, 3.8) is 0 Å². The van der Waals surface area contributed by atoms with Crippen LogP contribution < -0.4 is 10.6 Å². The Balaban J connectivity index is 1.36. The van der Waals surface area contributed by atoms with Gasteiger partial charge >= 0.3 is 0 Å². The standard InChI is InChI=1S/C26H25N3O3S/c1-18-9-11-20(12-10-18)26-28-21(17-33-26)13-14-27-24(30)22(16-19-6-3-2-4-7-19)29-25(31)23-8-5-15-32-23/h2-12,15,17,22H,13-14,16H2,1H3,(H,27,30)(H,29,31). The summed E-state index contributed by atoms with van der Waals surface area (Å²) >= 11 is 1.59. The maximum absolute atomic E-state index is 12.9. The van der Waals surface area contributed by atoms with E-state index in [4.69, 9.17) is 4.42 Å². The lowest BCUT2D eigenvalue weighted by molar-refractivity contribution is -0.122.